The van der Waals surface area contributed by atoms with Crippen molar-refractivity contribution in [1.29, 1.82) is 0 Å². The molecular formula is C17H15IN2. The third-order valence-corrected chi connectivity index (χ3v) is 4.43. The molecule has 0 radical (unpaired) electrons. The second kappa shape index (κ2) is 5.50. The van der Waals surface area contributed by atoms with Crippen molar-refractivity contribution >= 4 is 33.5 Å². The van der Waals surface area contributed by atoms with E-state index in [2.05, 4.69) is 57.9 Å². The van der Waals surface area contributed by atoms with Crippen LogP contribution < -0.4 is 5.73 Å². The molecule has 1 aromatic heterocycles. The van der Waals surface area contributed by atoms with Crippen LogP contribution in [0.4, 0.5) is 0 Å². The maximum Gasteiger partial charge on any atom is 0.0705 e. The fourth-order valence-electron chi connectivity index (χ4n) is 2.35. The SMILES string of the molecule is Cc1ccc2cc(C(N)c3ccccc3I)ccc2n1. The van der Waals surface area contributed by atoms with Crippen LogP contribution in [0.3, 0.4) is 0 Å². The normalized spacial score (nSPS) is 12.6. The molecule has 0 aliphatic heterocycles. The van der Waals surface area contributed by atoms with Crippen molar-refractivity contribution in [2.75, 3.05) is 0 Å². The Kier molecular flexibility index (Phi) is 3.72. The van der Waals surface area contributed by atoms with Crippen LogP contribution in [0.25, 0.3) is 10.9 Å². The highest BCUT2D eigenvalue weighted by Gasteiger charge is 2.12. The summed E-state index contributed by atoms with van der Waals surface area (Å²) in [6.45, 7) is 2.01. The van der Waals surface area contributed by atoms with Crippen molar-refractivity contribution in [3.63, 3.8) is 0 Å². The number of pyridine rings is 1. The summed E-state index contributed by atoms with van der Waals surface area (Å²) in [4.78, 5) is 4.52. The summed E-state index contributed by atoms with van der Waals surface area (Å²) in [5.41, 5.74) is 10.7. The van der Waals surface area contributed by atoms with Gasteiger partial charge in [0, 0.05) is 14.7 Å². The molecule has 20 heavy (non-hydrogen) atoms. The molecule has 100 valence electrons. The van der Waals surface area contributed by atoms with Crippen LogP contribution in [0.15, 0.2) is 54.6 Å². The summed E-state index contributed by atoms with van der Waals surface area (Å²) in [6.07, 6.45) is 0. The van der Waals surface area contributed by atoms with Gasteiger partial charge in [0.05, 0.1) is 11.6 Å². The Morgan fingerprint density at radius 2 is 1.85 bits per heavy atom. The minimum absolute atomic E-state index is 0.103. The van der Waals surface area contributed by atoms with Gasteiger partial charge < -0.3 is 5.73 Å². The highest BCUT2D eigenvalue weighted by molar-refractivity contribution is 14.1. The zero-order valence-corrected chi connectivity index (χ0v) is 13.3. The Bertz CT molecular complexity index is 768. The van der Waals surface area contributed by atoms with E-state index in [1.54, 1.807) is 0 Å². The summed E-state index contributed by atoms with van der Waals surface area (Å²) in [5.74, 6) is 0. The lowest BCUT2D eigenvalue weighted by atomic mass is 9.98. The summed E-state index contributed by atoms with van der Waals surface area (Å²) < 4.78 is 1.19. The van der Waals surface area contributed by atoms with Crippen molar-refractivity contribution in [1.82, 2.24) is 4.98 Å². The number of rotatable bonds is 2. The molecular weight excluding hydrogens is 359 g/mol. The predicted molar refractivity (Wildman–Crippen MR) is 91.7 cm³/mol. The second-order valence-electron chi connectivity index (χ2n) is 4.90. The van der Waals surface area contributed by atoms with Gasteiger partial charge in [-0.15, -0.1) is 0 Å². The van der Waals surface area contributed by atoms with Gasteiger partial charge >= 0.3 is 0 Å². The number of nitrogens with zero attached hydrogens (tertiary/aromatic N) is 1. The van der Waals surface area contributed by atoms with Gasteiger partial charge in [0.25, 0.3) is 0 Å². The Labute approximate surface area is 132 Å². The molecule has 3 aromatic rings. The van der Waals surface area contributed by atoms with Crippen LogP contribution in [0, 0.1) is 10.5 Å². The van der Waals surface area contributed by atoms with Crippen LogP contribution >= 0.6 is 22.6 Å². The van der Waals surface area contributed by atoms with Crippen molar-refractivity contribution in [2.45, 2.75) is 13.0 Å². The van der Waals surface area contributed by atoms with E-state index in [4.69, 9.17) is 5.73 Å². The van der Waals surface area contributed by atoms with Crippen LogP contribution in [0.2, 0.25) is 0 Å². The number of hydrogen-bond acceptors (Lipinski definition) is 2. The number of aryl methyl sites for hydroxylation is 1. The largest absolute Gasteiger partial charge is 0.320 e. The van der Waals surface area contributed by atoms with E-state index in [-0.39, 0.29) is 6.04 Å². The molecule has 2 nitrogen and oxygen atoms in total. The van der Waals surface area contributed by atoms with Crippen LogP contribution in [-0.4, -0.2) is 4.98 Å². The lowest BCUT2D eigenvalue weighted by Crippen LogP contribution is -2.13. The van der Waals surface area contributed by atoms with E-state index in [0.29, 0.717) is 0 Å². The van der Waals surface area contributed by atoms with E-state index in [9.17, 15) is 0 Å². The quantitative estimate of drug-likeness (QED) is 0.683. The maximum absolute atomic E-state index is 6.41. The molecule has 0 spiro atoms. The van der Waals surface area contributed by atoms with Gasteiger partial charge in [-0.3, -0.25) is 4.98 Å². The maximum atomic E-state index is 6.41. The van der Waals surface area contributed by atoms with Crippen molar-refractivity contribution in [3.8, 4) is 0 Å². The highest BCUT2D eigenvalue weighted by Crippen LogP contribution is 2.26. The number of hydrogen-bond donors (Lipinski definition) is 1. The zero-order chi connectivity index (χ0) is 14.1. The third-order valence-electron chi connectivity index (χ3n) is 3.45. The van der Waals surface area contributed by atoms with Gasteiger partial charge in [0.2, 0.25) is 0 Å². The molecule has 0 bridgehead atoms. The fourth-order valence-corrected chi connectivity index (χ4v) is 3.07. The summed E-state index contributed by atoms with van der Waals surface area (Å²) in [7, 11) is 0. The number of benzene rings is 2. The highest BCUT2D eigenvalue weighted by atomic mass is 127. The summed E-state index contributed by atoms with van der Waals surface area (Å²) >= 11 is 2.33. The first kappa shape index (κ1) is 13.5. The Balaban J connectivity index is 2.06. The minimum Gasteiger partial charge on any atom is -0.320 e. The lowest BCUT2D eigenvalue weighted by molar-refractivity contribution is 0.867. The van der Waals surface area contributed by atoms with E-state index >= 15 is 0 Å². The molecule has 0 saturated carbocycles. The first-order valence-electron chi connectivity index (χ1n) is 6.52. The molecule has 1 unspecified atom stereocenters. The van der Waals surface area contributed by atoms with E-state index < -0.39 is 0 Å². The van der Waals surface area contributed by atoms with Gasteiger partial charge in [0.1, 0.15) is 0 Å². The fraction of sp³-hybridized carbons (Fsp3) is 0.118. The molecule has 0 saturated heterocycles. The zero-order valence-electron chi connectivity index (χ0n) is 11.2. The van der Waals surface area contributed by atoms with Crippen LogP contribution in [-0.2, 0) is 0 Å². The molecule has 2 N–H and O–H groups in total. The van der Waals surface area contributed by atoms with Gasteiger partial charge in [-0.2, -0.15) is 0 Å². The summed E-state index contributed by atoms with van der Waals surface area (Å²) in [5, 5.41) is 1.13. The number of halogens is 1. The molecule has 3 heteroatoms. The smallest absolute Gasteiger partial charge is 0.0705 e. The first-order chi connectivity index (χ1) is 9.65. The Hall–Kier alpha value is -1.46. The molecule has 0 aliphatic carbocycles. The van der Waals surface area contributed by atoms with Gasteiger partial charge in [-0.1, -0.05) is 30.3 Å². The first-order valence-corrected chi connectivity index (χ1v) is 7.60. The number of nitrogens with two attached hydrogens (primary N) is 1. The van der Waals surface area contributed by atoms with Crippen LogP contribution in [0.5, 0.6) is 0 Å². The lowest BCUT2D eigenvalue weighted by Gasteiger charge is -2.15. The summed E-state index contributed by atoms with van der Waals surface area (Å²) in [6, 6.07) is 18.5. The van der Waals surface area contributed by atoms with E-state index in [1.165, 1.54) is 3.57 Å². The minimum atomic E-state index is -0.103. The molecule has 0 fully saturated rings. The van der Waals surface area contributed by atoms with Crippen molar-refractivity contribution in [2.24, 2.45) is 5.73 Å². The second-order valence-corrected chi connectivity index (χ2v) is 6.07. The van der Waals surface area contributed by atoms with Gasteiger partial charge in [0.15, 0.2) is 0 Å². The molecule has 3 rings (SSSR count). The third kappa shape index (κ3) is 2.55. The topological polar surface area (TPSA) is 38.9 Å². The molecule has 2 aromatic carbocycles. The average molecular weight is 374 g/mol. The molecule has 0 aliphatic rings. The Morgan fingerprint density at radius 1 is 1.05 bits per heavy atom. The van der Waals surface area contributed by atoms with Crippen molar-refractivity contribution in [3.05, 3.63) is 75.0 Å². The van der Waals surface area contributed by atoms with E-state index in [1.807, 2.05) is 31.2 Å². The average Bonchev–Trinajstić information content (AvgIpc) is 2.46. The standard InChI is InChI=1S/C17H15IN2/c1-11-6-7-12-10-13(8-9-16(12)20-11)17(19)14-4-2-3-5-15(14)18/h2-10,17H,19H2,1H3. The number of aromatic nitrogens is 1. The van der Waals surface area contributed by atoms with Crippen molar-refractivity contribution < 1.29 is 0 Å². The molecule has 0 amide bonds. The van der Waals surface area contributed by atoms with Gasteiger partial charge in [-0.25, -0.2) is 0 Å². The monoisotopic (exact) mass is 374 g/mol. The van der Waals surface area contributed by atoms with Gasteiger partial charge in [-0.05, 0) is 64.9 Å². The number of fused-ring (bicyclic) bond motifs is 1. The predicted octanol–water partition coefficient (Wildman–Crippen LogP) is 4.20. The van der Waals surface area contributed by atoms with E-state index in [0.717, 1.165) is 27.7 Å². The van der Waals surface area contributed by atoms with Crippen LogP contribution in [0.1, 0.15) is 22.9 Å². The molecule has 1 heterocycles. The Morgan fingerprint density at radius 3 is 2.65 bits per heavy atom. The molecule has 1 atom stereocenters.